The second-order valence-corrected chi connectivity index (χ2v) is 7.96. The van der Waals surface area contributed by atoms with Crippen LogP contribution in [-0.2, 0) is 4.79 Å². The number of hydrogen-bond acceptors (Lipinski definition) is 4. The van der Waals surface area contributed by atoms with Crippen molar-refractivity contribution >= 4 is 11.9 Å². The highest BCUT2D eigenvalue weighted by atomic mass is 19.1. The van der Waals surface area contributed by atoms with Crippen LogP contribution in [-0.4, -0.2) is 72.3 Å². The third-order valence-corrected chi connectivity index (χ3v) is 5.77. The zero-order valence-corrected chi connectivity index (χ0v) is 17.2. The Hall–Kier alpha value is -2.61. The number of ether oxygens (including phenoxy) is 1. The van der Waals surface area contributed by atoms with E-state index in [4.69, 9.17) is 9.84 Å². The van der Waals surface area contributed by atoms with E-state index >= 15 is 0 Å². The van der Waals surface area contributed by atoms with Crippen LogP contribution in [0.2, 0.25) is 0 Å². The third-order valence-electron chi connectivity index (χ3n) is 5.77. The topological polar surface area (TPSA) is 82.1 Å². The molecule has 0 saturated carbocycles. The molecule has 2 aliphatic heterocycles. The SMILES string of the molecule is C=C1CCN(C(=O)N2CCCC(COc3ccc(F)cc3)CC2)C[C@H]1NC(=O)CO. The summed E-state index contributed by atoms with van der Waals surface area (Å²) in [6, 6.07) is 5.66. The van der Waals surface area contributed by atoms with Crippen LogP contribution in [0, 0.1) is 11.7 Å². The van der Waals surface area contributed by atoms with Crippen LogP contribution < -0.4 is 10.1 Å². The highest BCUT2D eigenvalue weighted by molar-refractivity contribution is 5.78. The third kappa shape index (κ3) is 5.95. The van der Waals surface area contributed by atoms with Crippen LogP contribution in [0.5, 0.6) is 5.75 Å². The molecule has 30 heavy (non-hydrogen) atoms. The van der Waals surface area contributed by atoms with E-state index in [0.29, 0.717) is 50.9 Å². The number of amides is 3. The van der Waals surface area contributed by atoms with Gasteiger partial charge in [0.05, 0.1) is 12.6 Å². The summed E-state index contributed by atoms with van der Waals surface area (Å²) < 4.78 is 18.8. The molecular weight excluding hydrogens is 389 g/mol. The predicted octanol–water partition coefficient (Wildman–Crippen LogP) is 2.17. The molecule has 1 aromatic rings. The molecule has 0 aromatic heterocycles. The largest absolute Gasteiger partial charge is 0.493 e. The minimum Gasteiger partial charge on any atom is -0.493 e. The van der Waals surface area contributed by atoms with Crippen molar-refractivity contribution in [1.29, 1.82) is 0 Å². The van der Waals surface area contributed by atoms with Gasteiger partial charge in [0.2, 0.25) is 5.91 Å². The first-order chi connectivity index (χ1) is 14.5. The number of rotatable bonds is 5. The van der Waals surface area contributed by atoms with E-state index in [1.165, 1.54) is 12.1 Å². The Kier molecular flexibility index (Phi) is 7.68. The number of likely N-dealkylation sites (tertiary alicyclic amines) is 2. The second kappa shape index (κ2) is 10.4. The summed E-state index contributed by atoms with van der Waals surface area (Å²) in [5.74, 6) is 0.239. The van der Waals surface area contributed by atoms with Gasteiger partial charge in [0, 0.05) is 26.2 Å². The molecule has 0 aliphatic carbocycles. The average Bonchev–Trinajstić information content (AvgIpc) is 3.00. The first-order valence-electron chi connectivity index (χ1n) is 10.5. The van der Waals surface area contributed by atoms with Gasteiger partial charge in [-0.25, -0.2) is 9.18 Å². The molecule has 2 aliphatic rings. The van der Waals surface area contributed by atoms with Gasteiger partial charge in [-0.1, -0.05) is 12.2 Å². The molecular formula is C22H30FN3O4. The van der Waals surface area contributed by atoms with Gasteiger partial charge in [-0.15, -0.1) is 0 Å². The number of urea groups is 1. The van der Waals surface area contributed by atoms with Crippen molar-refractivity contribution < 1.29 is 23.8 Å². The molecule has 0 radical (unpaired) electrons. The van der Waals surface area contributed by atoms with Gasteiger partial charge in [-0.3, -0.25) is 4.79 Å². The molecule has 2 N–H and O–H groups in total. The Morgan fingerprint density at radius 1 is 1.17 bits per heavy atom. The van der Waals surface area contributed by atoms with Gasteiger partial charge in [0.15, 0.2) is 0 Å². The molecule has 3 amide bonds. The fourth-order valence-electron chi connectivity index (χ4n) is 3.92. The summed E-state index contributed by atoms with van der Waals surface area (Å²) in [7, 11) is 0. The number of hydrogen-bond donors (Lipinski definition) is 2. The fraction of sp³-hybridized carbons (Fsp3) is 0.545. The monoisotopic (exact) mass is 419 g/mol. The van der Waals surface area contributed by atoms with Gasteiger partial charge in [-0.2, -0.15) is 0 Å². The predicted molar refractivity (Wildman–Crippen MR) is 111 cm³/mol. The standard InChI is InChI=1S/C22H30FN3O4/c1-16-8-11-26(13-20(16)24-21(28)14-27)22(29)25-10-2-3-17(9-12-25)15-30-19-6-4-18(23)5-7-19/h4-7,17,20,27H,1-3,8-15H2,(H,24,28)/t17?,20-/m1/s1. The van der Waals surface area contributed by atoms with Gasteiger partial charge in [0.25, 0.3) is 0 Å². The van der Waals surface area contributed by atoms with E-state index in [-0.39, 0.29) is 17.9 Å². The molecule has 2 heterocycles. The second-order valence-electron chi connectivity index (χ2n) is 7.96. The van der Waals surface area contributed by atoms with E-state index < -0.39 is 12.5 Å². The summed E-state index contributed by atoms with van der Waals surface area (Å²) in [4.78, 5) is 28.2. The number of carbonyl (C=O) groups is 2. The molecule has 7 nitrogen and oxygen atoms in total. The van der Waals surface area contributed by atoms with Gasteiger partial charge in [-0.05, 0) is 55.9 Å². The number of aliphatic hydroxyl groups excluding tert-OH is 1. The summed E-state index contributed by atoms with van der Waals surface area (Å²) in [5.41, 5.74) is 0.870. The zero-order chi connectivity index (χ0) is 21.5. The number of benzene rings is 1. The Balaban J connectivity index is 1.49. The lowest BCUT2D eigenvalue weighted by molar-refractivity contribution is -0.124. The Morgan fingerprint density at radius 3 is 2.67 bits per heavy atom. The Bertz CT molecular complexity index is 755. The molecule has 1 unspecified atom stereocenters. The molecule has 0 spiro atoms. The Morgan fingerprint density at radius 2 is 1.93 bits per heavy atom. The maximum absolute atomic E-state index is 13.0. The van der Waals surface area contributed by atoms with Crippen molar-refractivity contribution in [3.05, 3.63) is 42.2 Å². The van der Waals surface area contributed by atoms with Crippen molar-refractivity contribution in [1.82, 2.24) is 15.1 Å². The van der Waals surface area contributed by atoms with Gasteiger partial charge >= 0.3 is 6.03 Å². The van der Waals surface area contributed by atoms with E-state index in [9.17, 15) is 14.0 Å². The number of nitrogens with zero attached hydrogens (tertiary/aromatic N) is 2. The van der Waals surface area contributed by atoms with Crippen molar-refractivity contribution in [3.63, 3.8) is 0 Å². The quantitative estimate of drug-likeness (QED) is 0.717. The Labute approximate surface area is 176 Å². The number of nitrogens with one attached hydrogen (secondary N) is 1. The van der Waals surface area contributed by atoms with Crippen LogP contribution in [0.1, 0.15) is 25.7 Å². The molecule has 2 saturated heterocycles. The van der Waals surface area contributed by atoms with Crippen molar-refractivity contribution in [2.75, 3.05) is 39.4 Å². The maximum atomic E-state index is 13.0. The maximum Gasteiger partial charge on any atom is 0.320 e. The highest BCUT2D eigenvalue weighted by Gasteiger charge is 2.31. The zero-order valence-electron chi connectivity index (χ0n) is 17.2. The van der Waals surface area contributed by atoms with Gasteiger partial charge in [0.1, 0.15) is 18.2 Å². The highest BCUT2D eigenvalue weighted by Crippen LogP contribution is 2.22. The first-order valence-corrected chi connectivity index (χ1v) is 10.5. The van der Waals surface area contributed by atoms with Crippen LogP contribution in [0.25, 0.3) is 0 Å². The molecule has 0 bridgehead atoms. The minimum absolute atomic E-state index is 0.0224. The van der Waals surface area contributed by atoms with Crippen molar-refractivity contribution in [3.8, 4) is 5.75 Å². The summed E-state index contributed by atoms with van der Waals surface area (Å²) >= 11 is 0. The van der Waals surface area contributed by atoms with Crippen LogP contribution in [0.4, 0.5) is 9.18 Å². The van der Waals surface area contributed by atoms with Crippen LogP contribution >= 0.6 is 0 Å². The molecule has 1 aromatic carbocycles. The lowest BCUT2D eigenvalue weighted by atomic mass is 10.0. The van der Waals surface area contributed by atoms with Crippen molar-refractivity contribution in [2.24, 2.45) is 5.92 Å². The number of aliphatic hydroxyl groups is 1. The fourth-order valence-corrected chi connectivity index (χ4v) is 3.92. The normalized spacial score (nSPS) is 22.4. The van der Waals surface area contributed by atoms with Gasteiger partial charge < -0.3 is 25.0 Å². The lowest BCUT2D eigenvalue weighted by Gasteiger charge is -2.37. The summed E-state index contributed by atoms with van der Waals surface area (Å²) in [6.45, 7) is 6.25. The number of halogens is 1. The summed E-state index contributed by atoms with van der Waals surface area (Å²) in [5, 5.41) is 11.7. The number of piperidine rings is 1. The molecule has 2 atom stereocenters. The minimum atomic E-state index is -0.578. The van der Waals surface area contributed by atoms with Crippen LogP contribution in [0.3, 0.4) is 0 Å². The first kappa shape index (κ1) is 22.1. The van der Waals surface area contributed by atoms with E-state index in [1.807, 2.05) is 4.90 Å². The average molecular weight is 419 g/mol. The van der Waals surface area contributed by atoms with Crippen LogP contribution in [0.15, 0.2) is 36.4 Å². The summed E-state index contributed by atoms with van der Waals surface area (Å²) in [6.07, 6.45) is 3.34. The molecule has 2 fully saturated rings. The lowest BCUT2D eigenvalue weighted by Crippen LogP contribution is -2.54. The van der Waals surface area contributed by atoms with E-state index in [2.05, 4.69) is 11.9 Å². The molecule has 8 heteroatoms. The molecule has 164 valence electrons. The number of carbonyl (C=O) groups excluding carboxylic acids is 2. The van der Waals surface area contributed by atoms with E-state index in [1.54, 1.807) is 17.0 Å². The van der Waals surface area contributed by atoms with E-state index in [0.717, 1.165) is 24.8 Å². The molecule has 3 rings (SSSR count). The van der Waals surface area contributed by atoms with Crippen molar-refractivity contribution in [2.45, 2.75) is 31.7 Å². The smallest absolute Gasteiger partial charge is 0.320 e.